The van der Waals surface area contributed by atoms with Crippen molar-refractivity contribution in [3.05, 3.63) is 86.4 Å². The molecule has 0 radical (unpaired) electrons. The number of carbonyl (C=O) groups is 4. The van der Waals surface area contributed by atoms with Gasteiger partial charge in [-0.3, -0.25) is 19.7 Å². The van der Waals surface area contributed by atoms with E-state index in [4.69, 9.17) is 32.7 Å². The molecule has 0 aromatic heterocycles. The highest BCUT2D eigenvalue weighted by Crippen LogP contribution is 2.38. The van der Waals surface area contributed by atoms with Crippen molar-refractivity contribution < 1.29 is 28.7 Å². The molecule has 1 aliphatic rings. The molecular weight excluding hydrogens is 569 g/mol. The lowest BCUT2D eigenvalue weighted by molar-refractivity contribution is -0.122. The summed E-state index contributed by atoms with van der Waals surface area (Å²) in [6.07, 6.45) is 1.29. The van der Waals surface area contributed by atoms with Crippen molar-refractivity contribution >= 4 is 64.4 Å². The summed E-state index contributed by atoms with van der Waals surface area (Å²) in [5, 5.41) is 5.43. The fraction of sp³-hybridized carbons (Fsp3) is 0.200. The molecule has 212 valence electrons. The van der Waals surface area contributed by atoms with Crippen LogP contribution in [-0.4, -0.2) is 37.0 Å². The number of benzene rings is 3. The van der Waals surface area contributed by atoms with Gasteiger partial charge in [0, 0.05) is 10.7 Å². The number of anilines is 2. The van der Waals surface area contributed by atoms with Gasteiger partial charge in [-0.15, -0.1) is 0 Å². The van der Waals surface area contributed by atoms with Crippen LogP contribution in [0.4, 0.5) is 16.2 Å². The fourth-order valence-electron chi connectivity index (χ4n) is 4.06. The summed E-state index contributed by atoms with van der Waals surface area (Å²) in [6, 6.07) is 12.4. The number of halogens is 2. The highest BCUT2D eigenvalue weighted by molar-refractivity contribution is 6.39. The Labute approximate surface area is 247 Å². The van der Waals surface area contributed by atoms with Crippen LogP contribution in [0.3, 0.4) is 0 Å². The number of hydrogen-bond acceptors (Lipinski definition) is 6. The van der Waals surface area contributed by atoms with Gasteiger partial charge < -0.3 is 14.8 Å². The number of carbonyl (C=O) groups excluding carboxylic acids is 4. The third kappa shape index (κ3) is 6.53. The number of ether oxygens (including phenoxy) is 2. The summed E-state index contributed by atoms with van der Waals surface area (Å²) in [5.74, 6) is -1.78. The van der Waals surface area contributed by atoms with Gasteiger partial charge >= 0.3 is 6.03 Å². The molecule has 4 rings (SSSR count). The second-order valence-electron chi connectivity index (χ2n) is 9.24. The average Bonchev–Trinajstić information content (AvgIpc) is 2.91. The van der Waals surface area contributed by atoms with Gasteiger partial charge in [0.1, 0.15) is 5.57 Å². The minimum absolute atomic E-state index is 0.0873. The molecule has 1 fully saturated rings. The molecule has 41 heavy (non-hydrogen) atoms. The zero-order valence-electron chi connectivity index (χ0n) is 22.8. The van der Waals surface area contributed by atoms with Crippen molar-refractivity contribution in [1.29, 1.82) is 0 Å². The van der Waals surface area contributed by atoms with Gasteiger partial charge in [-0.1, -0.05) is 41.4 Å². The Bertz CT molecular complexity index is 1600. The number of imide groups is 2. The van der Waals surface area contributed by atoms with E-state index in [1.54, 1.807) is 32.0 Å². The Morgan fingerprint density at radius 2 is 1.73 bits per heavy atom. The minimum Gasteiger partial charge on any atom is -0.490 e. The summed E-state index contributed by atoms with van der Waals surface area (Å²) in [7, 11) is 0. The summed E-state index contributed by atoms with van der Waals surface area (Å²) in [4.78, 5) is 51.9. The minimum atomic E-state index is -0.895. The number of barbiturate groups is 1. The van der Waals surface area contributed by atoms with E-state index in [2.05, 4.69) is 10.6 Å². The molecular formula is C30H27Cl2N3O6. The van der Waals surface area contributed by atoms with Crippen LogP contribution in [0, 0.1) is 20.8 Å². The van der Waals surface area contributed by atoms with Crippen LogP contribution in [0.25, 0.3) is 6.08 Å². The highest BCUT2D eigenvalue weighted by Gasteiger charge is 2.37. The molecule has 2 N–H and O–H groups in total. The first-order valence-electron chi connectivity index (χ1n) is 12.6. The highest BCUT2D eigenvalue weighted by atomic mass is 35.5. The van der Waals surface area contributed by atoms with E-state index in [1.807, 2.05) is 26.0 Å². The van der Waals surface area contributed by atoms with E-state index >= 15 is 0 Å². The molecule has 0 bridgehead atoms. The molecule has 0 aliphatic carbocycles. The Morgan fingerprint density at radius 3 is 2.44 bits per heavy atom. The molecule has 3 aromatic rings. The molecule has 9 nitrogen and oxygen atoms in total. The fourth-order valence-corrected chi connectivity index (χ4v) is 4.51. The van der Waals surface area contributed by atoms with Crippen molar-refractivity contribution in [2.75, 3.05) is 23.4 Å². The maximum atomic E-state index is 13.3. The van der Waals surface area contributed by atoms with Crippen LogP contribution in [0.15, 0.2) is 54.1 Å². The van der Waals surface area contributed by atoms with Crippen LogP contribution in [-0.2, 0) is 14.4 Å². The summed E-state index contributed by atoms with van der Waals surface area (Å²) >= 11 is 12.7. The van der Waals surface area contributed by atoms with Crippen molar-refractivity contribution in [1.82, 2.24) is 5.32 Å². The van der Waals surface area contributed by atoms with Gasteiger partial charge in [0.15, 0.2) is 18.1 Å². The average molecular weight is 596 g/mol. The van der Waals surface area contributed by atoms with E-state index in [0.29, 0.717) is 16.3 Å². The molecule has 1 saturated heterocycles. The molecule has 5 amide bonds. The van der Waals surface area contributed by atoms with E-state index in [1.165, 1.54) is 24.3 Å². The van der Waals surface area contributed by atoms with Gasteiger partial charge in [0.2, 0.25) is 0 Å². The normalized spacial score (nSPS) is 14.2. The molecule has 1 heterocycles. The topological polar surface area (TPSA) is 114 Å². The number of nitrogens with zero attached hydrogens (tertiary/aromatic N) is 1. The monoisotopic (exact) mass is 595 g/mol. The largest absolute Gasteiger partial charge is 0.490 e. The van der Waals surface area contributed by atoms with Gasteiger partial charge in [0.05, 0.1) is 17.3 Å². The number of hydrogen-bond donors (Lipinski definition) is 2. The number of aryl methyl sites for hydroxylation is 2. The van der Waals surface area contributed by atoms with Crippen molar-refractivity contribution in [2.24, 2.45) is 0 Å². The summed E-state index contributed by atoms with van der Waals surface area (Å²) < 4.78 is 11.4. The number of amides is 5. The van der Waals surface area contributed by atoms with Crippen LogP contribution in [0.1, 0.15) is 29.2 Å². The molecule has 3 aromatic carbocycles. The van der Waals surface area contributed by atoms with Gasteiger partial charge in [-0.25, -0.2) is 9.69 Å². The molecule has 0 atom stereocenters. The van der Waals surface area contributed by atoms with Crippen molar-refractivity contribution in [3.8, 4) is 11.5 Å². The second kappa shape index (κ2) is 12.4. The van der Waals surface area contributed by atoms with E-state index in [0.717, 1.165) is 21.6 Å². The van der Waals surface area contributed by atoms with Crippen molar-refractivity contribution in [3.63, 3.8) is 0 Å². The number of urea groups is 1. The molecule has 0 spiro atoms. The van der Waals surface area contributed by atoms with Crippen LogP contribution in [0.5, 0.6) is 11.5 Å². The quantitative estimate of drug-likeness (QED) is 0.244. The summed E-state index contributed by atoms with van der Waals surface area (Å²) in [6.45, 7) is 7.30. The maximum absolute atomic E-state index is 13.3. The molecule has 1 aliphatic heterocycles. The Kier molecular flexibility index (Phi) is 9.00. The number of nitrogens with one attached hydrogen (secondary N) is 2. The third-order valence-corrected chi connectivity index (χ3v) is 7.07. The predicted molar refractivity (Wildman–Crippen MR) is 158 cm³/mol. The lowest BCUT2D eigenvalue weighted by Crippen LogP contribution is -2.54. The Hall–Kier alpha value is -4.34. The zero-order valence-corrected chi connectivity index (χ0v) is 24.3. The first-order valence-corrected chi connectivity index (χ1v) is 13.4. The van der Waals surface area contributed by atoms with E-state index in [9.17, 15) is 19.2 Å². The maximum Gasteiger partial charge on any atom is 0.335 e. The second-order valence-corrected chi connectivity index (χ2v) is 10.1. The Balaban J connectivity index is 1.59. The summed E-state index contributed by atoms with van der Waals surface area (Å²) in [5.41, 5.74) is 3.65. The smallest absolute Gasteiger partial charge is 0.335 e. The number of rotatable bonds is 8. The first-order chi connectivity index (χ1) is 19.5. The third-order valence-electron chi connectivity index (χ3n) is 6.38. The van der Waals surface area contributed by atoms with Crippen LogP contribution in [0.2, 0.25) is 10.0 Å². The SMILES string of the molecule is CCOc1cc(/C=C2\C(=O)NC(=O)N(c3ccc(C)c(Cl)c3)C2=O)cc(Cl)c1OCC(=O)Nc1cccc(C)c1C. The molecule has 0 saturated carbocycles. The van der Waals surface area contributed by atoms with Gasteiger partial charge in [-0.2, -0.15) is 0 Å². The molecule has 11 heteroatoms. The Morgan fingerprint density at radius 1 is 0.976 bits per heavy atom. The standard InChI is InChI=1S/C30H27Cl2N3O6/c1-5-40-25-13-19(12-23(32)27(25)41-15-26(36)33-24-8-6-7-16(2)18(24)4)11-21-28(37)34-30(39)35(29(21)38)20-10-9-17(3)22(31)14-20/h6-14H,5,15H2,1-4H3,(H,33,36)(H,34,37,39)/b21-11+. The predicted octanol–water partition coefficient (Wildman–Crippen LogP) is 6.00. The lowest BCUT2D eigenvalue weighted by atomic mass is 10.1. The van der Waals surface area contributed by atoms with E-state index in [-0.39, 0.29) is 41.0 Å². The van der Waals surface area contributed by atoms with Crippen LogP contribution < -0.4 is 25.0 Å². The van der Waals surface area contributed by atoms with Crippen LogP contribution >= 0.6 is 23.2 Å². The van der Waals surface area contributed by atoms with Crippen molar-refractivity contribution in [2.45, 2.75) is 27.7 Å². The first kappa shape index (κ1) is 29.6. The van der Waals surface area contributed by atoms with Gasteiger partial charge in [-0.05, 0) is 86.4 Å². The van der Waals surface area contributed by atoms with E-state index < -0.39 is 23.8 Å². The van der Waals surface area contributed by atoms with Gasteiger partial charge in [0.25, 0.3) is 17.7 Å². The zero-order chi connectivity index (χ0) is 29.8. The molecule has 0 unspecified atom stereocenters. The lowest BCUT2D eigenvalue weighted by Gasteiger charge is -2.26.